The molecule has 0 saturated heterocycles. The highest BCUT2D eigenvalue weighted by Crippen LogP contribution is 2.26. The number of ketones is 1. The predicted octanol–water partition coefficient (Wildman–Crippen LogP) is 4.33. The van der Waals surface area contributed by atoms with Gasteiger partial charge < -0.3 is 4.42 Å². The number of halogens is 2. The molecule has 1 heterocycles. The molecule has 0 fully saturated rings. The molecule has 2 nitrogen and oxygen atoms in total. The summed E-state index contributed by atoms with van der Waals surface area (Å²) in [5.41, 5.74) is 0.519. The van der Waals surface area contributed by atoms with Crippen molar-refractivity contribution in [3.8, 4) is 11.3 Å². The van der Waals surface area contributed by atoms with E-state index in [9.17, 15) is 9.18 Å². The summed E-state index contributed by atoms with van der Waals surface area (Å²) in [6.07, 6.45) is 0.372. The van der Waals surface area contributed by atoms with Crippen LogP contribution in [0.1, 0.15) is 23.9 Å². The molecule has 0 spiro atoms. The SMILES string of the molecule is CCC(=O)c1ccc(-c2cc(F)cc(Cl)c2)o1. The zero-order valence-corrected chi connectivity index (χ0v) is 9.92. The highest BCUT2D eigenvalue weighted by molar-refractivity contribution is 6.30. The Labute approximate surface area is 103 Å². The summed E-state index contributed by atoms with van der Waals surface area (Å²) in [5.74, 6) is 0.192. The van der Waals surface area contributed by atoms with Crippen LogP contribution in [0.25, 0.3) is 11.3 Å². The predicted molar refractivity (Wildman–Crippen MR) is 63.7 cm³/mol. The Balaban J connectivity index is 2.40. The molecule has 0 unspecified atom stereocenters. The Bertz CT molecular complexity index is 540. The molecule has 88 valence electrons. The number of hydrogen-bond donors (Lipinski definition) is 0. The van der Waals surface area contributed by atoms with Crippen molar-refractivity contribution in [1.29, 1.82) is 0 Å². The highest BCUT2D eigenvalue weighted by Gasteiger charge is 2.11. The molecular weight excluding hydrogens is 243 g/mol. The van der Waals surface area contributed by atoms with Gasteiger partial charge in [-0.1, -0.05) is 18.5 Å². The van der Waals surface area contributed by atoms with Crippen LogP contribution in [-0.2, 0) is 0 Å². The molecule has 4 heteroatoms. The Morgan fingerprint density at radius 1 is 1.35 bits per heavy atom. The van der Waals surface area contributed by atoms with Crippen LogP contribution in [0.15, 0.2) is 34.7 Å². The first-order valence-corrected chi connectivity index (χ1v) is 5.57. The maximum Gasteiger partial charge on any atom is 0.197 e. The molecule has 1 aromatic carbocycles. The van der Waals surface area contributed by atoms with Crippen molar-refractivity contribution < 1.29 is 13.6 Å². The Morgan fingerprint density at radius 2 is 2.12 bits per heavy atom. The molecule has 2 aromatic rings. The number of benzene rings is 1. The van der Waals surface area contributed by atoms with Gasteiger partial charge in [-0.3, -0.25) is 4.79 Å². The largest absolute Gasteiger partial charge is 0.453 e. The second-order valence-electron chi connectivity index (χ2n) is 3.60. The molecular formula is C13H10ClFO2. The fourth-order valence-corrected chi connectivity index (χ4v) is 1.73. The summed E-state index contributed by atoms with van der Waals surface area (Å²) in [5, 5.41) is 0.291. The molecule has 0 radical (unpaired) electrons. The summed E-state index contributed by atoms with van der Waals surface area (Å²) in [6, 6.07) is 7.33. The minimum absolute atomic E-state index is 0.0845. The van der Waals surface area contributed by atoms with Gasteiger partial charge in [0, 0.05) is 17.0 Å². The van der Waals surface area contributed by atoms with E-state index < -0.39 is 5.82 Å². The van der Waals surface area contributed by atoms with Crippen molar-refractivity contribution in [2.45, 2.75) is 13.3 Å². The van der Waals surface area contributed by atoms with Crippen molar-refractivity contribution in [1.82, 2.24) is 0 Å². The Hall–Kier alpha value is -1.61. The van der Waals surface area contributed by atoms with Gasteiger partial charge in [-0.25, -0.2) is 4.39 Å². The second kappa shape index (κ2) is 4.72. The third-order valence-electron chi connectivity index (χ3n) is 2.35. The molecule has 0 aliphatic carbocycles. The van der Waals surface area contributed by atoms with Gasteiger partial charge in [0.2, 0.25) is 0 Å². The third kappa shape index (κ3) is 2.56. The first kappa shape index (κ1) is 11.9. The van der Waals surface area contributed by atoms with Crippen LogP contribution in [0.5, 0.6) is 0 Å². The number of furan rings is 1. The van der Waals surface area contributed by atoms with Gasteiger partial charge in [0.1, 0.15) is 11.6 Å². The van der Waals surface area contributed by atoms with Crippen molar-refractivity contribution in [3.63, 3.8) is 0 Å². The van der Waals surface area contributed by atoms with Crippen LogP contribution in [0, 0.1) is 5.82 Å². The molecule has 0 N–H and O–H groups in total. The fourth-order valence-electron chi connectivity index (χ4n) is 1.51. The molecule has 0 saturated carbocycles. The van der Waals surface area contributed by atoms with E-state index in [1.807, 2.05) is 0 Å². The lowest BCUT2D eigenvalue weighted by Gasteiger charge is -1.99. The van der Waals surface area contributed by atoms with E-state index >= 15 is 0 Å². The van der Waals surface area contributed by atoms with E-state index in [1.165, 1.54) is 12.1 Å². The van der Waals surface area contributed by atoms with Gasteiger partial charge in [0.25, 0.3) is 0 Å². The van der Waals surface area contributed by atoms with Crippen LogP contribution in [0.2, 0.25) is 5.02 Å². The smallest absolute Gasteiger partial charge is 0.197 e. The molecule has 0 atom stereocenters. The van der Waals surface area contributed by atoms with Crippen molar-refractivity contribution >= 4 is 17.4 Å². The Morgan fingerprint density at radius 3 is 2.76 bits per heavy atom. The fraction of sp³-hybridized carbons (Fsp3) is 0.154. The number of carbonyl (C=O) groups excluding carboxylic acids is 1. The lowest BCUT2D eigenvalue weighted by Crippen LogP contribution is -1.92. The van der Waals surface area contributed by atoms with E-state index in [2.05, 4.69) is 0 Å². The minimum atomic E-state index is -0.438. The lowest BCUT2D eigenvalue weighted by atomic mass is 10.2. The summed E-state index contributed by atoms with van der Waals surface area (Å²) in [6.45, 7) is 1.75. The van der Waals surface area contributed by atoms with Gasteiger partial charge >= 0.3 is 0 Å². The average Bonchev–Trinajstić information content (AvgIpc) is 2.76. The van der Waals surface area contributed by atoms with Crippen molar-refractivity contribution in [2.75, 3.05) is 0 Å². The molecule has 1 aromatic heterocycles. The molecule has 0 bridgehead atoms. The zero-order chi connectivity index (χ0) is 12.4. The number of Topliss-reactive ketones (excluding diaryl/α,β-unsaturated/α-hetero) is 1. The summed E-state index contributed by atoms with van der Waals surface area (Å²) < 4.78 is 18.5. The standard InChI is InChI=1S/C13H10ClFO2/c1-2-11(16)13-4-3-12(17-13)8-5-9(14)7-10(15)6-8/h3-7H,2H2,1H3. The van der Waals surface area contributed by atoms with E-state index in [0.29, 0.717) is 22.8 Å². The van der Waals surface area contributed by atoms with Crippen LogP contribution in [0.3, 0.4) is 0 Å². The molecule has 2 rings (SSSR count). The third-order valence-corrected chi connectivity index (χ3v) is 2.57. The quantitative estimate of drug-likeness (QED) is 0.761. The number of rotatable bonds is 3. The maximum absolute atomic E-state index is 13.2. The second-order valence-corrected chi connectivity index (χ2v) is 4.04. The van der Waals surface area contributed by atoms with E-state index in [0.717, 1.165) is 0 Å². The summed E-state index contributed by atoms with van der Waals surface area (Å²) >= 11 is 5.75. The van der Waals surface area contributed by atoms with Gasteiger partial charge in [-0.05, 0) is 30.3 Å². The van der Waals surface area contributed by atoms with Gasteiger partial charge in [-0.15, -0.1) is 0 Å². The first-order chi connectivity index (χ1) is 8.10. The first-order valence-electron chi connectivity index (χ1n) is 5.19. The lowest BCUT2D eigenvalue weighted by molar-refractivity contribution is 0.0962. The van der Waals surface area contributed by atoms with Crippen LogP contribution in [0.4, 0.5) is 4.39 Å². The number of hydrogen-bond acceptors (Lipinski definition) is 2. The highest BCUT2D eigenvalue weighted by atomic mass is 35.5. The van der Waals surface area contributed by atoms with Crippen LogP contribution in [-0.4, -0.2) is 5.78 Å². The maximum atomic E-state index is 13.2. The molecule has 17 heavy (non-hydrogen) atoms. The molecule has 0 aliphatic rings. The van der Waals surface area contributed by atoms with Crippen molar-refractivity contribution in [2.24, 2.45) is 0 Å². The summed E-state index contributed by atoms with van der Waals surface area (Å²) in [7, 11) is 0. The van der Waals surface area contributed by atoms with E-state index in [1.54, 1.807) is 25.1 Å². The van der Waals surface area contributed by atoms with Gasteiger partial charge in [0.15, 0.2) is 11.5 Å². The normalized spacial score (nSPS) is 10.5. The molecule has 0 amide bonds. The Kier molecular flexibility index (Phi) is 3.29. The average molecular weight is 253 g/mol. The van der Waals surface area contributed by atoms with Crippen molar-refractivity contribution in [3.05, 3.63) is 46.9 Å². The monoisotopic (exact) mass is 252 g/mol. The minimum Gasteiger partial charge on any atom is -0.453 e. The van der Waals surface area contributed by atoms with Gasteiger partial charge in [0.05, 0.1) is 0 Å². The van der Waals surface area contributed by atoms with E-state index in [4.69, 9.17) is 16.0 Å². The van der Waals surface area contributed by atoms with Gasteiger partial charge in [-0.2, -0.15) is 0 Å². The van der Waals surface area contributed by atoms with Crippen LogP contribution >= 0.6 is 11.6 Å². The zero-order valence-electron chi connectivity index (χ0n) is 9.17. The summed E-state index contributed by atoms with van der Waals surface area (Å²) in [4.78, 5) is 11.4. The topological polar surface area (TPSA) is 30.2 Å². The van der Waals surface area contributed by atoms with Crippen LogP contribution < -0.4 is 0 Å². The number of carbonyl (C=O) groups is 1. The molecule has 0 aliphatic heterocycles. The van der Waals surface area contributed by atoms with E-state index in [-0.39, 0.29) is 11.5 Å².